The molecule has 0 saturated carbocycles. The van der Waals surface area contributed by atoms with Gasteiger partial charge in [0, 0.05) is 18.3 Å². The molecule has 1 aromatic rings. The number of ketones is 1. The third-order valence-corrected chi connectivity index (χ3v) is 3.31. The molecule has 0 atom stereocenters. The van der Waals surface area contributed by atoms with Crippen molar-refractivity contribution in [1.29, 1.82) is 0 Å². The lowest BCUT2D eigenvalue weighted by atomic mass is 10.2. The van der Waals surface area contributed by atoms with Crippen molar-refractivity contribution in [2.45, 2.75) is 39.7 Å². The van der Waals surface area contributed by atoms with Crippen LogP contribution in [-0.4, -0.2) is 58.1 Å². The maximum Gasteiger partial charge on any atom is 0.155 e. The molecule has 1 rings (SSSR count). The predicted octanol–water partition coefficient (Wildman–Crippen LogP) is 3.30. The molecule has 0 unspecified atom stereocenters. The Kier molecular flexibility index (Phi) is 12.5. The lowest BCUT2D eigenvalue weighted by Gasteiger charge is -2.11. The highest BCUT2D eigenvalue weighted by Gasteiger charge is 1.98. The molecule has 1 N–H and O–H groups in total. The Bertz CT molecular complexity index is 476. The molecule has 6 heteroatoms. The molecule has 0 aromatic heterocycles. The van der Waals surface area contributed by atoms with Gasteiger partial charge < -0.3 is 24.3 Å². The first-order chi connectivity index (χ1) is 12.6. The lowest BCUT2D eigenvalue weighted by molar-refractivity contribution is -0.122. The summed E-state index contributed by atoms with van der Waals surface area (Å²) in [4.78, 5) is 10.7. The fourth-order valence-corrected chi connectivity index (χ4v) is 2.13. The quantitative estimate of drug-likeness (QED) is 0.452. The summed E-state index contributed by atoms with van der Waals surface area (Å²) >= 11 is 0. The van der Waals surface area contributed by atoms with E-state index in [2.05, 4.69) is 19.2 Å². The van der Waals surface area contributed by atoms with E-state index in [4.69, 9.17) is 18.9 Å². The molecule has 0 aliphatic heterocycles. The van der Waals surface area contributed by atoms with Gasteiger partial charge in [0.25, 0.3) is 0 Å². The van der Waals surface area contributed by atoms with Gasteiger partial charge in [0.1, 0.15) is 12.4 Å². The van der Waals surface area contributed by atoms with Crippen molar-refractivity contribution in [2.24, 2.45) is 0 Å². The summed E-state index contributed by atoms with van der Waals surface area (Å²) in [6.45, 7) is 9.29. The third-order valence-electron chi connectivity index (χ3n) is 3.31. The van der Waals surface area contributed by atoms with Crippen molar-refractivity contribution in [2.75, 3.05) is 51.6 Å². The van der Waals surface area contributed by atoms with E-state index < -0.39 is 0 Å². The Labute approximate surface area is 157 Å². The van der Waals surface area contributed by atoms with E-state index in [0.29, 0.717) is 45.7 Å². The molecule has 0 heterocycles. The highest BCUT2D eigenvalue weighted by Crippen LogP contribution is 2.16. The minimum atomic E-state index is 0.0254. The van der Waals surface area contributed by atoms with E-state index in [1.165, 1.54) is 6.92 Å². The van der Waals surface area contributed by atoms with Crippen molar-refractivity contribution >= 4 is 11.5 Å². The van der Waals surface area contributed by atoms with Crippen LogP contribution in [0.2, 0.25) is 0 Å². The number of carbonyl (C=O) groups is 1. The second-order valence-corrected chi connectivity index (χ2v) is 6.36. The van der Waals surface area contributed by atoms with Gasteiger partial charge >= 0.3 is 0 Å². The van der Waals surface area contributed by atoms with Gasteiger partial charge in [-0.15, -0.1) is 0 Å². The minimum Gasteiger partial charge on any atom is -0.494 e. The lowest BCUT2D eigenvalue weighted by Crippen LogP contribution is -2.12. The number of ether oxygens (including phenoxy) is 4. The van der Waals surface area contributed by atoms with Crippen LogP contribution in [0.4, 0.5) is 5.69 Å². The maximum atomic E-state index is 10.7. The number of unbranched alkanes of at least 4 members (excludes halogenated alkanes) is 1. The number of hydrogen-bond donors (Lipinski definition) is 1. The van der Waals surface area contributed by atoms with Crippen molar-refractivity contribution in [3.05, 3.63) is 24.3 Å². The van der Waals surface area contributed by atoms with Crippen LogP contribution in [-0.2, 0) is 19.0 Å². The third kappa shape index (κ3) is 12.7. The van der Waals surface area contributed by atoms with E-state index in [-0.39, 0.29) is 12.4 Å². The summed E-state index contributed by atoms with van der Waals surface area (Å²) in [5.41, 5.74) is 1.10. The van der Waals surface area contributed by atoms with Crippen LogP contribution in [0, 0.1) is 0 Å². The summed E-state index contributed by atoms with van der Waals surface area (Å²) in [5, 5.41) is 3.35. The van der Waals surface area contributed by atoms with Crippen LogP contribution in [0.25, 0.3) is 0 Å². The largest absolute Gasteiger partial charge is 0.494 e. The summed E-state index contributed by atoms with van der Waals surface area (Å²) in [6.07, 6.45) is 1.90. The first-order valence-corrected chi connectivity index (χ1v) is 9.30. The summed E-state index contributed by atoms with van der Waals surface area (Å²) in [7, 11) is 0. The highest BCUT2D eigenvalue weighted by molar-refractivity contribution is 5.76. The van der Waals surface area contributed by atoms with Gasteiger partial charge in [-0.3, -0.25) is 4.79 Å². The molecular weight excluding hydrogens is 334 g/mol. The summed E-state index contributed by atoms with van der Waals surface area (Å²) in [6, 6.07) is 8.46. The highest BCUT2D eigenvalue weighted by atomic mass is 16.5. The summed E-state index contributed by atoms with van der Waals surface area (Å²) < 4.78 is 21.7. The van der Waals surface area contributed by atoms with Gasteiger partial charge in [-0.2, -0.15) is 0 Å². The van der Waals surface area contributed by atoms with Gasteiger partial charge in [0.05, 0.1) is 33.0 Å². The standard InChI is InChI=1S/C20H33NO5/c1-17(2)21-19-6-8-20(9-7-19)26-11-5-4-10-23-12-13-24-14-15-25-16-18(3)22/h6-9,17,21H,4-5,10-16H2,1-3H3. The van der Waals surface area contributed by atoms with E-state index >= 15 is 0 Å². The van der Waals surface area contributed by atoms with Crippen LogP contribution in [0.15, 0.2) is 24.3 Å². The van der Waals surface area contributed by atoms with Crippen molar-refractivity contribution < 1.29 is 23.7 Å². The van der Waals surface area contributed by atoms with Crippen LogP contribution >= 0.6 is 0 Å². The van der Waals surface area contributed by atoms with E-state index in [1.54, 1.807) is 0 Å². The van der Waals surface area contributed by atoms with Crippen molar-refractivity contribution in [1.82, 2.24) is 0 Å². The average molecular weight is 367 g/mol. The normalized spacial score (nSPS) is 10.9. The van der Waals surface area contributed by atoms with E-state index in [1.807, 2.05) is 24.3 Å². The van der Waals surface area contributed by atoms with Gasteiger partial charge in [0.15, 0.2) is 5.78 Å². The monoisotopic (exact) mass is 367 g/mol. The molecule has 0 fully saturated rings. The Morgan fingerprint density at radius 1 is 0.885 bits per heavy atom. The zero-order chi connectivity index (χ0) is 19.0. The molecule has 0 saturated heterocycles. The Balaban J connectivity index is 1.88. The van der Waals surface area contributed by atoms with E-state index in [9.17, 15) is 4.79 Å². The second kappa shape index (κ2) is 14.5. The van der Waals surface area contributed by atoms with Crippen LogP contribution in [0.3, 0.4) is 0 Å². The second-order valence-electron chi connectivity index (χ2n) is 6.36. The molecule has 0 aliphatic carbocycles. The minimum absolute atomic E-state index is 0.0254. The Morgan fingerprint density at radius 2 is 1.46 bits per heavy atom. The molecule has 1 aromatic carbocycles. The predicted molar refractivity (Wildman–Crippen MR) is 103 cm³/mol. The fraction of sp³-hybridized carbons (Fsp3) is 0.650. The van der Waals surface area contributed by atoms with Crippen molar-refractivity contribution in [3.63, 3.8) is 0 Å². The fourth-order valence-electron chi connectivity index (χ4n) is 2.13. The SMILES string of the molecule is CC(=O)COCCOCCOCCCCOc1ccc(NC(C)C)cc1. The molecule has 148 valence electrons. The summed E-state index contributed by atoms with van der Waals surface area (Å²) in [5.74, 6) is 0.915. The zero-order valence-corrected chi connectivity index (χ0v) is 16.3. The van der Waals surface area contributed by atoms with Crippen LogP contribution in [0.5, 0.6) is 5.75 Å². The van der Waals surface area contributed by atoms with Gasteiger partial charge in [0.2, 0.25) is 0 Å². The van der Waals surface area contributed by atoms with Gasteiger partial charge in [-0.05, 0) is 57.9 Å². The molecule has 0 bridgehead atoms. The smallest absolute Gasteiger partial charge is 0.155 e. The Morgan fingerprint density at radius 3 is 2.08 bits per heavy atom. The number of anilines is 1. The number of nitrogens with one attached hydrogen (secondary N) is 1. The van der Waals surface area contributed by atoms with E-state index in [0.717, 1.165) is 24.3 Å². The molecule has 26 heavy (non-hydrogen) atoms. The Hall–Kier alpha value is -1.63. The molecule has 0 amide bonds. The number of carbonyl (C=O) groups excluding carboxylic acids is 1. The average Bonchev–Trinajstić information content (AvgIpc) is 2.59. The molecule has 0 aliphatic rings. The van der Waals surface area contributed by atoms with Gasteiger partial charge in [-0.1, -0.05) is 0 Å². The molecule has 0 spiro atoms. The van der Waals surface area contributed by atoms with Crippen molar-refractivity contribution in [3.8, 4) is 5.75 Å². The molecule has 6 nitrogen and oxygen atoms in total. The number of benzene rings is 1. The number of Topliss-reactive ketones (excluding diaryl/α,β-unsaturated/α-hetero) is 1. The first-order valence-electron chi connectivity index (χ1n) is 9.30. The maximum absolute atomic E-state index is 10.7. The van der Waals surface area contributed by atoms with Gasteiger partial charge in [-0.25, -0.2) is 0 Å². The number of rotatable bonds is 16. The number of hydrogen-bond acceptors (Lipinski definition) is 6. The topological polar surface area (TPSA) is 66.0 Å². The molecule has 0 radical (unpaired) electrons. The van der Waals surface area contributed by atoms with Crippen LogP contribution < -0.4 is 10.1 Å². The zero-order valence-electron chi connectivity index (χ0n) is 16.3. The first kappa shape index (κ1) is 22.4. The molecular formula is C20H33NO5. The van der Waals surface area contributed by atoms with Crippen LogP contribution in [0.1, 0.15) is 33.6 Å².